The van der Waals surface area contributed by atoms with Gasteiger partial charge in [-0.2, -0.15) is 0 Å². The molecule has 0 saturated heterocycles. The fourth-order valence-electron chi connectivity index (χ4n) is 16.9. The summed E-state index contributed by atoms with van der Waals surface area (Å²) in [6, 6.07) is 0. The van der Waals surface area contributed by atoms with Gasteiger partial charge in [0, 0.05) is 0 Å². The van der Waals surface area contributed by atoms with Gasteiger partial charge in [0.15, 0.2) is 0 Å². The first-order valence-corrected chi connectivity index (χ1v) is 33.4. The van der Waals surface area contributed by atoms with E-state index in [-0.39, 0.29) is 0 Å². The number of fused-ring (bicyclic) bond motifs is 5. The lowest BCUT2D eigenvalue weighted by Crippen LogP contribution is -2.50. The zero-order valence-electron chi connectivity index (χ0n) is 49.2. The van der Waals surface area contributed by atoms with Crippen LogP contribution in [0.3, 0.4) is 0 Å². The first-order valence-electron chi connectivity index (χ1n) is 33.4. The van der Waals surface area contributed by atoms with Crippen LogP contribution in [0.15, 0.2) is 11.6 Å². The molecule has 0 amide bonds. The highest BCUT2D eigenvalue weighted by Crippen LogP contribution is 2.68. The molecule has 406 valence electrons. The van der Waals surface area contributed by atoms with Gasteiger partial charge in [0.05, 0.1) is 0 Å². The Bertz CT molecular complexity index is 1240. The van der Waals surface area contributed by atoms with Crippen LogP contribution in [-0.4, -0.2) is 0 Å². The maximum Gasteiger partial charge on any atom is -0.00851 e. The fraction of sp³-hybridized carbons (Fsp3) is 0.971. The Morgan fingerprint density at radius 3 is 1.32 bits per heavy atom. The predicted octanol–water partition coefficient (Wildman–Crippen LogP) is 24.4. The summed E-state index contributed by atoms with van der Waals surface area (Å²) in [6.45, 7) is 20.2. The molecule has 4 rings (SSSR count). The van der Waals surface area contributed by atoms with Crippen molar-refractivity contribution in [2.45, 2.75) is 364 Å². The van der Waals surface area contributed by atoms with Gasteiger partial charge in [-0.15, -0.1) is 0 Å². The summed E-state index contributed by atoms with van der Waals surface area (Å²) in [5, 5.41) is 0. The van der Waals surface area contributed by atoms with Crippen LogP contribution in [0.5, 0.6) is 0 Å². The number of rotatable bonds is 44. The van der Waals surface area contributed by atoms with E-state index < -0.39 is 0 Å². The van der Waals surface area contributed by atoms with Gasteiger partial charge < -0.3 is 0 Å². The van der Waals surface area contributed by atoms with Gasteiger partial charge in [0.25, 0.3) is 0 Å². The van der Waals surface area contributed by atoms with Crippen LogP contribution in [0.2, 0.25) is 0 Å². The Balaban J connectivity index is 1.33. The van der Waals surface area contributed by atoms with Crippen LogP contribution in [0, 0.1) is 64.1 Å². The molecule has 0 aromatic carbocycles. The first kappa shape index (κ1) is 61.3. The highest BCUT2D eigenvalue weighted by molar-refractivity contribution is 5.25. The third-order valence-electron chi connectivity index (χ3n) is 21.3. The second-order valence-electron chi connectivity index (χ2n) is 27.0. The van der Waals surface area contributed by atoms with E-state index in [0.29, 0.717) is 10.8 Å². The topological polar surface area (TPSA) is 0 Å². The minimum atomic E-state index is 0.491. The van der Waals surface area contributed by atoms with E-state index in [9.17, 15) is 0 Å². The molecule has 0 heteroatoms. The number of unbranched alkanes of at least 4 members (excludes halogenated alkanes) is 31. The predicted molar refractivity (Wildman–Crippen MR) is 311 cm³/mol. The average molecular weight is 960 g/mol. The summed E-state index contributed by atoms with van der Waals surface area (Å²) < 4.78 is 0. The molecule has 3 saturated carbocycles. The molecule has 0 N–H and O–H groups in total. The Hall–Kier alpha value is -0.260. The first-order chi connectivity index (χ1) is 33.7. The molecule has 3 fully saturated rings. The van der Waals surface area contributed by atoms with Crippen molar-refractivity contribution in [2.24, 2.45) is 64.1 Å². The molecular weight excluding hydrogens is 829 g/mol. The third-order valence-corrected chi connectivity index (χ3v) is 21.3. The minimum Gasteiger partial charge on any atom is -0.0845 e. The molecule has 0 bridgehead atoms. The third kappa shape index (κ3) is 21.9. The lowest BCUT2D eigenvalue weighted by atomic mass is 9.46. The van der Waals surface area contributed by atoms with E-state index in [4.69, 9.17) is 0 Å². The largest absolute Gasteiger partial charge is 0.0845 e. The van der Waals surface area contributed by atoms with E-state index in [1.807, 2.05) is 5.57 Å². The Labute approximate surface area is 437 Å². The van der Waals surface area contributed by atoms with E-state index in [1.54, 1.807) is 32.1 Å². The standard InChI is InChI=1S/C69H130/c1-9-12-15-18-21-23-25-26-27-28-29-30-31-32-34-36-39-42-48-63(60(46-40-37-20-17-14-11-3)47-41-38-35-33-24-22-19-16-13-10-2)61-53-55-68(7)62(57-61)49-50-64-66-52-51-65(59(6)45-43-44-58(4)5)69(66,8)56-54-67(64)68/h49,58-61,63-67H,9-48,50-57H2,1-8H3/t59-,60?,61?,63?,64?,65-,66?,67?,68+,69-/m1/s1. The van der Waals surface area contributed by atoms with Crippen LogP contribution < -0.4 is 0 Å². The minimum absolute atomic E-state index is 0.491. The van der Waals surface area contributed by atoms with Crippen molar-refractivity contribution in [1.29, 1.82) is 0 Å². The van der Waals surface area contributed by atoms with E-state index in [1.165, 1.54) is 276 Å². The van der Waals surface area contributed by atoms with E-state index in [0.717, 1.165) is 53.3 Å². The number of hydrogen-bond acceptors (Lipinski definition) is 0. The van der Waals surface area contributed by atoms with Crippen molar-refractivity contribution in [3.63, 3.8) is 0 Å². The zero-order valence-corrected chi connectivity index (χ0v) is 49.2. The van der Waals surface area contributed by atoms with Crippen molar-refractivity contribution in [3.05, 3.63) is 11.6 Å². The zero-order chi connectivity index (χ0) is 49.4. The van der Waals surface area contributed by atoms with Crippen LogP contribution >= 0.6 is 0 Å². The molecule has 69 heavy (non-hydrogen) atoms. The monoisotopic (exact) mass is 959 g/mol. The lowest BCUT2D eigenvalue weighted by Gasteiger charge is -2.59. The molecule has 0 radical (unpaired) electrons. The molecule has 0 nitrogen and oxygen atoms in total. The molecule has 0 heterocycles. The molecule has 4 aliphatic carbocycles. The molecule has 0 spiro atoms. The van der Waals surface area contributed by atoms with Gasteiger partial charge in [0.2, 0.25) is 0 Å². The Morgan fingerprint density at radius 2 is 0.870 bits per heavy atom. The fourth-order valence-corrected chi connectivity index (χ4v) is 16.9. The molecule has 0 aliphatic heterocycles. The number of hydrogen-bond donors (Lipinski definition) is 0. The summed E-state index contributed by atoms with van der Waals surface area (Å²) in [5.41, 5.74) is 3.08. The lowest BCUT2D eigenvalue weighted by molar-refractivity contribution is -0.0556. The maximum atomic E-state index is 2.96. The summed E-state index contributed by atoms with van der Waals surface area (Å²) in [6.07, 6.45) is 74.3. The molecule has 0 aromatic heterocycles. The van der Waals surface area contributed by atoms with Gasteiger partial charge in [-0.05, 0) is 122 Å². The normalized spacial score (nSPS) is 27.0. The maximum absolute atomic E-state index is 2.96. The van der Waals surface area contributed by atoms with Crippen LogP contribution in [-0.2, 0) is 0 Å². The van der Waals surface area contributed by atoms with Gasteiger partial charge >= 0.3 is 0 Å². The quantitative estimate of drug-likeness (QED) is 0.0422. The Kier molecular flexibility index (Phi) is 32.5. The molecule has 6 unspecified atom stereocenters. The van der Waals surface area contributed by atoms with Crippen LogP contribution in [0.25, 0.3) is 0 Å². The number of allylic oxidation sites excluding steroid dienone is 2. The smallest absolute Gasteiger partial charge is 0.00851 e. The second-order valence-corrected chi connectivity index (χ2v) is 27.0. The average Bonchev–Trinajstić information content (AvgIpc) is 3.70. The van der Waals surface area contributed by atoms with Crippen molar-refractivity contribution in [1.82, 2.24) is 0 Å². The van der Waals surface area contributed by atoms with Gasteiger partial charge in [0.1, 0.15) is 0 Å². The van der Waals surface area contributed by atoms with Crippen molar-refractivity contribution in [2.75, 3.05) is 0 Å². The highest BCUT2D eigenvalue weighted by atomic mass is 14.6. The van der Waals surface area contributed by atoms with Crippen molar-refractivity contribution >= 4 is 0 Å². The second kappa shape index (κ2) is 36.6. The summed E-state index contributed by atoms with van der Waals surface area (Å²) >= 11 is 0. The van der Waals surface area contributed by atoms with Crippen molar-refractivity contribution in [3.8, 4) is 0 Å². The van der Waals surface area contributed by atoms with Gasteiger partial charge in [-0.3, -0.25) is 0 Å². The summed E-state index contributed by atoms with van der Waals surface area (Å²) in [7, 11) is 0. The van der Waals surface area contributed by atoms with Crippen LogP contribution in [0.4, 0.5) is 0 Å². The van der Waals surface area contributed by atoms with E-state index in [2.05, 4.69) is 61.5 Å². The SMILES string of the molecule is CCCCCCCCCCCCCCCCCCCCC(C(CCCCCCCC)CCCCCCCCCCCC)C1CC[C@@]2(C)C(=CCC3C2CC[C@@]2(C)C3CC[C@@H]2[C@H](C)CCCC(C)C)C1. The molecular formula is C69H130. The molecule has 0 aromatic rings. The highest BCUT2D eigenvalue weighted by Gasteiger charge is 2.59. The van der Waals surface area contributed by atoms with Gasteiger partial charge in [-0.25, -0.2) is 0 Å². The Morgan fingerprint density at radius 1 is 0.435 bits per heavy atom. The summed E-state index contributed by atoms with van der Waals surface area (Å²) in [4.78, 5) is 0. The summed E-state index contributed by atoms with van der Waals surface area (Å²) in [5.74, 6) is 8.59. The van der Waals surface area contributed by atoms with Crippen molar-refractivity contribution < 1.29 is 0 Å². The van der Waals surface area contributed by atoms with Gasteiger partial charge in [-0.1, -0.05) is 317 Å². The molecule has 10 atom stereocenters. The van der Waals surface area contributed by atoms with E-state index >= 15 is 0 Å². The van der Waals surface area contributed by atoms with Crippen LogP contribution in [0.1, 0.15) is 364 Å². The molecule has 4 aliphatic rings.